The number of rotatable bonds is 3. The van der Waals surface area contributed by atoms with Gasteiger partial charge in [0.2, 0.25) is 0 Å². The van der Waals surface area contributed by atoms with Crippen molar-refractivity contribution in [2.75, 3.05) is 6.54 Å². The number of carboxylic acid groups (broad SMARTS) is 1. The number of aliphatic carboxylic acids is 1. The number of hydrogen-bond acceptors (Lipinski definition) is 6. The minimum Gasteiger partial charge on any atom is -0.480 e. The molecule has 2 N–H and O–H groups in total. The van der Waals surface area contributed by atoms with E-state index in [0.29, 0.717) is 0 Å². The number of likely N-dealkylation sites (tertiary alicyclic amines) is 1. The number of aromatic nitrogens is 1. The first-order chi connectivity index (χ1) is 9.81. The van der Waals surface area contributed by atoms with E-state index >= 15 is 0 Å². The molecule has 2 rings (SSSR count). The molecule has 1 aliphatic rings. The molecular weight excluding hydrogens is 306 g/mol. The fraction of sp³-hybridized carbons (Fsp3) is 0.364. The van der Waals surface area contributed by atoms with Crippen LogP contribution in [0.1, 0.15) is 16.8 Å². The molecule has 0 unspecified atom stereocenters. The van der Waals surface area contributed by atoms with E-state index in [1.165, 1.54) is 0 Å². The van der Waals surface area contributed by atoms with Crippen molar-refractivity contribution in [1.29, 1.82) is 0 Å². The number of carbonyl (C=O) groups is 2. The van der Waals surface area contributed by atoms with Crippen molar-refractivity contribution in [3.63, 3.8) is 0 Å². The number of nitrogens with zero attached hydrogens (tertiary/aromatic N) is 3. The van der Waals surface area contributed by atoms with Crippen LogP contribution < -0.4 is 0 Å². The first-order valence-corrected chi connectivity index (χ1v) is 6.21. The number of nitro groups is 1. The number of aliphatic hydroxyl groups excluding tert-OH is 1. The van der Waals surface area contributed by atoms with Crippen LogP contribution in [-0.2, 0) is 4.79 Å². The summed E-state index contributed by atoms with van der Waals surface area (Å²) in [4.78, 5) is 38.0. The molecule has 9 nitrogen and oxygen atoms in total. The van der Waals surface area contributed by atoms with Gasteiger partial charge in [-0.1, -0.05) is 11.6 Å². The van der Waals surface area contributed by atoms with Crippen LogP contribution in [-0.4, -0.2) is 55.6 Å². The smallest absolute Gasteiger partial charge is 0.326 e. The molecule has 10 heteroatoms. The fourth-order valence-corrected chi connectivity index (χ4v) is 2.32. The minimum absolute atomic E-state index is 0.129. The van der Waals surface area contributed by atoms with E-state index in [2.05, 4.69) is 4.98 Å². The van der Waals surface area contributed by atoms with Gasteiger partial charge in [-0.25, -0.2) is 9.78 Å². The average Bonchev–Trinajstić information content (AvgIpc) is 2.79. The van der Waals surface area contributed by atoms with Crippen molar-refractivity contribution in [3.05, 3.63) is 33.1 Å². The number of pyridine rings is 1. The molecular formula is C11H10ClN3O6. The number of aliphatic hydroxyl groups is 1. The highest BCUT2D eigenvalue weighted by molar-refractivity contribution is 6.29. The fourth-order valence-electron chi connectivity index (χ4n) is 2.17. The van der Waals surface area contributed by atoms with Crippen LogP contribution >= 0.6 is 11.6 Å². The molecule has 0 bridgehead atoms. The Morgan fingerprint density at radius 2 is 2.19 bits per heavy atom. The first kappa shape index (κ1) is 15.1. The molecule has 0 saturated carbocycles. The second kappa shape index (κ2) is 5.62. The lowest BCUT2D eigenvalue weighted by atomic mass is 10.1. The van der Waals surface area contributed by atoms with Crippen LogP contribution in [0.15, 0.2) is 12.3 Å². The molecule has 1 aliphatic heterocycles. The maximum absolute atomic E-state index is 12.3. The summed E-state index contributed by atoms with van der Waals surface area (Å²) in [5.41, 5.74) is -0.935. The predicted molar refractivity (Wildman–Crippen MR) is 69.0 cm³/mol. The van der Waals surface area contributed by atoms with Crippen LogP contribution in [0.5, 0.6) is 0 Å². The van der Waals surface area contributed by atoms with E-state index in [1.54, 1.807) is 0 Å². The van der Waals surface area contributed by atoms with Crippen molar-refractivity contribution >= 4 is 29.2 Å². The zero-order chi connectivity index (χ0) is 15.7. The maximum Gasteiger partial charge on any atom is 0.326 e. The van der Waals surface area contributed by atoms with E-state index in [0.717, 1.165) is 17.2 Å². The highest BCUT2D eigenvalue weighted by atomic mass is 35.5. The van der Waals surface area contributed by atoms with Gasteiger partial charge >= 0.3 is 5.97 Å². The monoisotopic (exact) mass is 315 g/mol. The average molecular weight is 316 g/mol. The maximum atomic E-state index is 12.3. The Hall–Kier alpha value is -2.26. The van der Waals surface area contributed by atoms with E-state index in [9.17, 15) is 24.8 Å². The third kappa shape index (κ3) is 2.93. The molecule has 1 saturated heterocycles. The molecule has 1 fully saturated rings. The van der Waals surface area contributed by atoms with Crippen LogP contribution in [0.4, 0.5) is 5.69 Å². The lowest BCUT2D eigenvalue weighted by molar-refractivity contribution is -0.385. The van der Waals surface area contributed by atoms with E-state index in [1.807, 2.05) is 0 Å². The molecule has 0 aliphatic carbocycles. The molecule has 1 aromatic heterocycles. The molecule has 0 spiro atoms. The normalized spacial score (nSPS) is 21.3. The topological polar surface area (TPSA) is 134 Å². The van der Waals surface area contributed by atoms with Gasteiger partial charge < -0.3 is 15.1 Å². The van der Waals surface area contributed by atoms with Crippen LogP contribution in [0.25, 0.3) is 0 Å². The zero-order valence-electron chi connectivity index (χ0n) is 10.5. The molecule has 21 heavy (non-hydrogen) atoms. The number of carboxylic acids is 1. The summed E-state index contributed by atoms with van der Waals surface area (Å²) < 4.78 is 0. The Kier molecular flexibility index (Phi) is 4.05. The van der Waals surface area contributed by atoms with Gasteiger partial charge in [0.05, 0.1) is 11.0 Å². The lowest BCUT2D eigenvalue weighted by Crippen LogP contribution is -2.40. The van der Waals surface area contributed by atoms with Crippen LogP contribution in [0, 0.1) is 10.1 Å². The summed E-state index contributed by atoms with van der Waals surface area (Å²) in [5.74, 6) is -2.17. The number of hydrogen-bond donors (Lipinski definition) is 2. The standard InChI is InChI=1S/C11H10ClN3O6/c12-9-2-6(8(3-13-9)15(20)21)10(17)14-4-5(16)1-7(14)11(18)19/h2-3,5,7,16H,1,4H2,(H,18,19)/t5-,7-/m1/s1. The van der Waals surface area contributed by atoms with Gasteiger partial charge in [0.1, 0.15) is 23.0 Å². The Morgan fingerprint density at radius 1 is 1.52 bits per heavy atom. The van der Waals surface area contributed by atoms with Crippen molar-refractivity contribution < 1.29 is 24.7 Å². The van der Waals surface area contributed by atoms with E-state index < -0.39 is 34.6 Å². The Bertz CT molecular complexity index is 622. The third-order valence-electron chi connectivity index (χ3n) is 3.10. The van der Waals surface area contributed by atoms with Gasteiger partial charge in [-0.2, -0.15) is 0 Å². The van der Waals surface area contributed by atoms with E-state index in [4.69, 9.17) is 16.7 Å². The molecule has 0 aromatic carbocycles. The van der Waals surface area contributed by atoms with Crippen molar-refractivity contribution in [1.82, 2.24) is 9.88 Å². The van der Waals surface area contributed by atoms with Crippen molar-refractivity contribution in [3.8, 4) is 0 Å². The number of carbonyl (C=O) groups excluding carboxylic acids is 1. The van der Waals surface area contributed by atoms with Crippen LogP contribution in [0.2, 0.25) is 5.15 Å². The van der Waals surface area contributed by atoms with Gasteiger partial charge in [-0.15, -0.1) is 0 Å². The number of amides is 1. The van der Waals surface area contributed by atoms with Gasteiger partial charge in [-0.05, 0) is 6.07 Å². The van der Waals surface area contributed by atoms with Crippen LogP contribution in [0.3, 0.4) is 0 Å². The summed E-state index contributed by atoms with van der Waals surface area (Å²) in [6.45, 7) is -0.215. The Morgan fingerprint density at radius 3 is 2.76 bits per heavy atom. The second-order valence-corrected chi connectivity index (χ2v) is 4.87. The van der Waals surface area contributed by atoms with Gasteiger partial charge in [-0.3, -0.25) is 14.9 Å². The summed E-state index contributed by atoms with van der Waals surface area (Å²) in [5, 5.41) is 29.4. The van der Waals surface area contributed by atoms with Crippen molar-refractivity contribution in [2.24, 2.45) is 0 Å². The van der Waals surface area contributed by atoms with Gasteiger partial charge in [0.25, 0.3) is 11.6 Å². The minimum atomic E-state index is -1.29. The largest absolute Gasteiger partial charge is 0.480 e. The lowest BCUT2D eigenvalue weighted by Gasteiger charge is -2.20. The highest BCUT2D eigenvalue weighted by Crippen LogP contribution is 2.26. The number of β-amino-alcohol motifs (C(OH)–C–C–N with tert-alkyl or cyclic N) is 1. The second-order valence-electron chi connectivity index (χ2n) is 4.48. The Balaban J connectivity index is 2.42. The zero-order valence-corrected chi connectivity index (χ0v) is 11.2. The van der Waals surface area contributed by atoms with E-state index in [-0.39, 0.29) is 23.7 Å². The number of halogens is 1. The summed E-state index contributed by atoms with van der Waals surface area (Å²) in [6.07, 6.45) is -0.294. The molecule has 0 radical (unpaired) electrons. The summed E-state index contributed by atoms with van der Waals surface area (Å²) in [7, 11) is 0. The molecule has 1 aromatic rings. The molecule has 112 valence electrons. The van der Waals surface area contributed by atoms with Gasteiger partial charge in [0.15, 0.2) is 0 Å². The van der Waals surface area contributed by atoms with Crippen molar-refractivity contribution in [2.45, 2.75) is 18.6 Å². The highest BCUT2D eigenvalue weighted by Gasteiger charge is 2.41. The molecule has 1 amide bonds. The Labute approximate surface area is 122 Å². The quantitative estimate of drug-likeness (QED) is 0.465. The third-order valence-corrected chi connectivity index (χ3v) is 3.31. The molecule has 2 heterocycles. The predicted octanol–water partition coefficient (Wildman–Crippen LogP) is 0.303. The van der Waals surface area contributed by atoms with Gasteiger partial charge in [0, 0.05) is 13.0 Å². The SMILES string of the molecule is O=C(O)[C@H]1C[C@@H](O)CN1C(=O)c1cc(Cl)ncc1[N+](=O)[O-]. The summed E-state index contributed by atoms with van der Waals surface area (Å²) >= 11 is 5.63. The first-order valence-electron chi connectivity index (χ1n) is 5.83. The summed E-state index contributed by atoms with van der Waals surface area (Å²) in [6, 6.07) is -0.231. The molecule has 2 atom stereocenters.